The van der Waals surface area contributed by atoms with Gasteiger partial charge in [-0.3, -0.25) is 4.68 Å². The second-order valence-electron chi connectivity index (χ2n) is 2.77. The van der Waals surface area contributed by atoms with Crippen LogP contribution in [0.15, 0.2) is 6.20 Å². The normalized spacial score (nSPS) is 11.9. The van der Waals surface area contributed by atoms with Gasteiger partial charge in [-0.15, -0.1) is 0 Å². The zero-order chi connectivity index (χ0) is 10.8. The largest absolute Gasteiger partial charge is 0.269 e. The summed E-state index contributed by atoms with van der Waals surface area (Å²) in [4.78, 5) is 0. The van der Waals surface area contributed by atoms with E-state index < -0.39 is 9.84 Å². The fraction of sp³-hybridized carbons (Fsp3) is 0.571. The van der Waals surface area contributed by atoms with Gasteiger partial charge in [-0.25, -0.2) is 8.42 Å². The molecule has 0 unspecified atom stereocenters. The molecule has 1 aromatic rings. The molecule has 80 valence electrons. The Labute approximate surface area is 102 Å². The van der Waals surface area contributed by atoms with Gasteiger partial charge in [0.05, 0.1) is 17.3 Å². The Hall–Kier alpha value is 0.180. The number of hydrogen-bond acceptors (Lipinski definition) is 3. The molecule has 0 N–H and O–H groups in total. The number of nitrogens with zero attached hydrogens (tertiary/aromatic N) is 2. The van der Waals surface area contributed by atoms with E-state index in [1.54, 1.807) is 17.8 Å². The van der Waals surface area contributed by atoms with E-state index in [2.05, 4.69) is 5.10 Å². The highest BCUT2D eigenvalue weighted by atomic mass is 127. The van der Waals surface area contributed by atoms with Crippen molar-refractivity contribution in [1.29, 1.82) is 0 Å². The Kier molecular flexibility index (Phi) is 4.20. The predicted octanol–water partition coefficient (Wildman–Crippen LogP) is 1.58. The summed E-state index contributed by atoms with van der Waals surface area (Å²) in [5.74, 6) is 0.274. The van der Waals surface area contributed by atoms with Crippen LogP contribution in [0.25, 0.3) is 0 Å². The van der Waals surface area contributed by atoms with Crippen molar-refractivity contribution in [3.8, 4) is 0 Å². The lowest BCUT2D eigenvalue weighted by Crippen LogP contribution is -2.14. The van der Waals surface area contributed by atoms with Crippen molar-refractivity contribution in [3.63, 3.8) is 0 Å². The van der Waals surface area contributed by atoms with Crippen molar-refractivity contribution < 1.29 is 8.42 Å². The molecule has 0 aliphatic carbocycles. The van der Waals surface area contributed by atoms with Gasteiger partial charge in [0, 0.05) is 11.9 Å². The van der Waals surface area contributed by atoms with Gasteiger partial charge >= 0.3 is 0 Å². The number of hydrogen-bond donors (Lipinski definition) is 0. The Morgan fingerprint density at radius 2 is 2.29 bits per heavy atom. The van der Waals surface area contributed by atoms with Gasteiger partial charge in [0.2, 0.25) is 0 Å². The Balaban J connectivity index is 2.63. The molecule has 0 spiro atoms. The fourth-order valence-electron chi connectivity index (χ4n) is 0.865. The van der Waals surface area contributed by atoms with Gasteiger partial charge < -0.3 is 0 Å². The van der Waals surface area contributed by atoms with E-state index >= 15 is 0 Å². The molecular weight excluding hydrogens is 339 g/mol. The molecule has 4 nitrogen and oxygen atoms in total. The summed E-state index contributed by atoms with van der Waals surface area (Å²) in [7, 11) is -2.93. The summed E-state index contributed by atoms with van der Waals surface area (Å²) in [5.41, 5.74) is 0. The minimum Gasteiger partial charge on any atom is -0.269 e. The molecule has 1 rings (SSSR count). The summed E-state index contributed by atoms with van der Waals surface area (Å²) < 4.78 is 24.6. The molecule has 0 aliphatic heterocycles. The molecule has 0 aliphatic rings. The van der Waals surface area contributed by atoms with Crippen LogP contribution in [0.4, 0.5) is 0 Å². The first-order valence-electron chi connectivity index (χ1n) is 4.03. The van der Waals surface area contributed by atoms with E-state index in [0.717, 1.165) is 0 Å². The molecule has 0 amide bonds. The number of halogens is 2. The molecular formula is C7H10ClIN2O2S. The minimum absolute atomic E-state index is 0.109. The van der Waals surface area contributed by atoms with E-state index in [-0.39, 0.29) is 11.5 Å². The third-order valence-electron chi connectivity index (χ3n) is 1.75. The molecule has 0 radical (unpaired) electrons. The minimum atomic E-state index is -2.93. The lowest BCUT2D eigenvalue weighted by atomic mass is 10.7. The maximum atomic E-state index is 11.2. The van der Waals surface area contributed by atoms with Crippen LogP contribution in [0.2, 0.25) is 5.02 Å². The highest BCUT2D eigenvalue weighted by Crippen LogP contribution is 2.15. The maximum Gasteiger partial charge on any atom is 0.151 e. The molecule has 1 heterocycles. The maximum absolute atomic E-state index is 11.2. The van der Waals surface area contributed by atoms with Gasteiger partial charge in [0.1, 0.15) is 3.70 Å². The van der Waals surface area contributed by atoms with Crippen LogP contribution in [-0.4, -0.2) is 29.7 Å². The number of aromatic nitrogens is 2. The van der Waals surface area contributed by atoms with Crippen LogP contribution in [0, 0.1) is 3.70 Å². The van der Waals surface area contributed by atoms with Gasteiger partial charge in [-0.2, -0.15) is 5.10 Å². The molecule has 1 aromatic heterocycles. The predicted molar refractivity (Wildman–Crippen MR) is 64.3 cm³/mol. The zero-order valence-electron chi connectivity index (χ0n) is 7.57. The first kappa shape index (κ1) is 12.3. The van der Waals surface area contributed by atoms with Crippen molar-refractivity contribution >= 4 is 44.0 Å². The monoisotopic (exact) mass is 348 g/mol. The number of sulfone groups is 1. The summed E-state index contributed by atoms with van der Waals surface area (Å²) in [5, 5.41) is 4.61. The molecule has 0 fully saturated rings. The van der Waals surface area contributed by atoms with Gasteiger partial charge in [0.15, 0.2) is 9.84 Å². The van der Waals surface area contributed by atoms with Crippen molar-refractivity contribution in [2.24, 2.45) is 0 Å². The smallest absolute Gasteiger partial charge is 0.151 e. The standard InChI is InChI=1S/C7H10ClIN2O2S/c1-2-14(12,13)4-3-11-5-6(8)7(9)10-11/h5H,2-4H2,1H3. The fourth-order valence-corrected chi connectivity index (χ4v) is 2.19. The quantitative estimate of drug-likeness (QED) is 0.776. The van der Waals surface area contributed by atoms with Crippen molar-refractivity contribution in [1.82, 2.24) is 9.78 Å². The van der Waals surface area contributed by atoms with Crippen LogP contribution in [0.5, 0.6) is 0 Å². The lowest BCUT2D eigenvalue weighted by molar-refractivity contribution is 0.581. The first-order chi connectivity index (χ1) is 6.44. The molecule has 0 saturated heterocycles. The van der Waals surface area contributed by atoms with Gasteiger partial charge in [0.25, 0.3) is 0 Å². The average Bonchev–Trinajstić information content (AvgIpc) is 2.44. The molecule has 7 heteroatoms. The Morgan fingerprint density at radius 1 is 1.64 bits per heavy atom. The average molecular weight is 349 g/mol. The highest BCUT2D eigenvalue weighted by molar-refractivity contribution is 14.1. The van der Waals surface area contributed by atoms with Crippen molar-refractivity contribution in [2.45, 2.75) is 13.5 Å². The van der Waals surface area contributed by atoms with Crippen LogP contribution >= 0.6 is 34.2 Å². The van der Waals surface area contributed by atoms with Crippen LogP contribution in [0.3, 0.4) is 0 Å². The van der Waals surface area contributed by atoms with Gasteiger partial charge in [-0.1, -0.05) is 18.5 Å². The molecule has 0 atom stereocenters. The van der Waals surface area contributed by atoms with Crippen molar-refractivity contribution in [3.05, 3.63) is 14.9 Å². The Morgan fingerprint density at radius 3 is 2.71 bits per heavy atom. The van der Waals surface area contributed by atoms with E-state index in [4.69, 9.17) is 11.6 Å². The number of rotatable bonds is 4. The van der Waals surface area contributed by atoms with E-state index in [1.165, 1.54) is 0 Å². The highest BCUT2D eigenvalue weighted by Gasteiger charge is 2.09. The summed E-state index contributed by atoms with van der Waals surface area (Å²) in [6.45, 7) is 1.99. The molecule has 14 heavy (non-hydrogen) atoms. The third-order valence-corrected chi connectivity index (χ3v) is 4.82. The molecule has 0 aromatic carbocycles. The van der Waals surface area contributed by atoms with Gasteiger partial charge in [-0.05, 0) is 22.6 Å². The topological polar surface area (TPSA) is 52.0 Å². The summed E-state index contributed by atoms with van der Waals surface area (Å²) in [6, 6.07) is 0. The number of aryl methyl sites for hydroxylation is 1. The van der Waals surface area contributed by atoms with Crippen LogP contribution in [0.1, 0.15) is 6.92 Å². The SMILES string of the molecule is CCS(=O)(=O)CCn1cc(Cl)c(I)n1. The summed E-state index contributed by atoms with van der Waals surface area (Å²) in [6.07, 6.45) is 1.63. The third kappa shape index (κ3) is 3.39. The lowest BCUT2D eigenvalue weighted by Gasteiger charge is -2.00. The molecule has 0 saturated carbocycles. The first-order valence-corrected chi connectivity index (χ1v) is 7.31. The van der Waals surface area contributed by atoms with E-state index in [1.807, 2.05) is 22.6 Å². The van der Waals surface area contributed by atoms with Crippen LogP contribution < -0.4 is 0 Å². The second kappa shape index (κ2) is 4.80. The zero-order valence-corrected chi connectivity index (χ0v) is 11.3. The summed E-state index contributed by atoms with van der Waals surface area (Å²) >= 11 is 7.77. The van der Waals surface area contributed by atoms with E-state index in [0.29, 0.717) is 15.3 Å². The second-order valence-corrected chi connectivity index (χ2v) is 6.67. The van der Waals surface area contributed by atoms with Crippen LogP contribution in [-0.2, 0) is 16.4 Å². The molecule has 0 bridgehead atoms. The van der Waals surface area contributed by atoms with Crippen molar-refractivity contribution in [2.75, 3.05) is 11.5 Å². The Bertz CT molecular complexity index is 396. The van der Waals surface area contributed by atoms with E-state index in [9.17, 15) is 8.42 Å².